The van der Waals surface area contributed by atoms with E-state index in [-0.39, 0.29) is 16.2 Å². The van der Waals surface area contributed by atoms with Gasteiger partial charge >= 0.3 is 0 Å². The molecule has 2 heterocycles. The highest BCUT2D eigenvalue weighted by molar-refractivity contribution is 6.52. The third-order valence-corrected chi connectivity index (χ3v) is 6.19. The highest BCUT2D eigenvalue weighted by Crippen LogP contribution is 2.44. The van der Waals surface area contributed by atoms with Gasteiger partial charge in [-0.2, -0.15) is 0 Å². The number of aliphatic hydroxyl groups is 1. The number of amides is 1. The summed E-state index contributed by atoms with van der Waals surface area (Å²) in [4.78, 5) is 32.0. The highest BCUT2D eigenvalue weighted by atomic mass is 35.5. The fourth-order valence-electron chi connectivity index (χ4n) is 3.88. The summed E-state index contributed by atoms with van der Waals surface area (Å²) in [6.07, 6.45) is 3.14. The number of carbonyl (C=O) groups is 2. The van der Waals surface area contributed by atoms with Gasteiger partial charge in [-0.15, -0.1) is 0 Å². The molecule has 0 radical (unpaired) electrons. The van der Waals surface area contributed by atoms with Gasteiger partial charge in [0.15, 0.2) is 0 Å². The molecule has 33 heavy (non-hydrogen) atoms. The number of aromatic nitrogens is 1. The molecule has 0 spiro atoms. The number of hydrogen-bond acceptors (Lipinski definition) is 5. The number of halogens is 2. The van der Waals surface area contributed by atoms with E-state index in [4.69, 9.17) is 27.9 Å². The van der Waals surface area contributed by atoms with Crippen LogP contribution in [0, 0.1) is 6.92 Å². The van der Waals surface area contributed by atoms with Crippen molar-refractivity contribution >= 4 is 46.3 Å². The fourth-order valence-corrected chi connectivity index (χ4v) is 4.26. The summed E-state index contributed by atoms with van der Waals surface area (Å²) in [6, 6.07) is 12.4. The van der Waals surface area contributed by atoms with Crippen molar-refractivity contribution in [3.05, 3.63) is 93.2 Å². The molecule has 1 aromatic heterocycles. The first-order valence-corrected chi connectivity index (χ1v) is 11.0. The Bertz CT molecular complexity index is 1270. The molecule has 1 atom stereocenters. The number of pyridine rings is 1. The Balaban J connectivity index is 1.98. The molecule has 8 heteroatoms. The lowest BCUT2D eigenvalue weighted by molar-refractivity contribution is -0.132. The van der Waals surface area contributed by atoms with Crippen LogP contribution in [0.5, 0.6) is 5.75 Å². The number of Topliss-reactive ketones (excluding diaryl/α,β-unsaturated/α-hetero) is 1. The summed E-state index contributed by atoms with van der Waals surface area (Å²) in [5.74, 6) is -1.54. The first kappa shape index (κ1) is 22.8. The highest BCUT2D eigenvalue weighted by Gasteiger charge is 2.47. The second kappa shape index (κ2) is 9.25. The number of nitrogens with zero attached hydrogens (tertiary/aromatic N) is 2. The minimum atomic E-state index is -0.928. The average molecular weight is 483 g/mol. The molecule has 1 amide bonds. The lowest BCUT2D eigenvalue weighted by Gasteiger charge is -2.27. The molecule has 1 unspecified atom stereocenters. The minimum Gasteiger partial charge on any atom is -0.507 e. The van der Waals surface area contributed by atoms with Crippen molar-refractivity contribution in [2.24, 2.45) is 0 Å². The van der Waals surface area contributed by atoms with Crippen molar-refractivity contribution in [1.82, 2.24) is 4.98 Å². The molecule has 1 fully saturated rings. The number of carbonyl (C=O) groups excluding carboxylic acids is 2. The minimum absolute atomic E-state index is 0.0945. The van der Waals surface area contributed by atoms with E-state index in [2.05, 4.69) is 4.98 Å². The maximum absolute atomic E-state index is 13.3. The van der Waals surface area contributed by atoms with E-state index in [1.165, 1.54) is 4.90 Å². The number of aliphatic hydroxyl groups excluding tert-OH is 1. The van der Waals surface area contributed by atoms with Crippen molar-refractivity contribution in [2.75, 3.05) is 11.5 Å². The Labute approximate surface area is 201 Å². The Hall–Kier alpha value is -3.35. The number of ketones is 1. The third kappa shape index (κ3) is 4.08. The molecular weight excluding hydrogens is 463 g/mol. The van der Waals surface area contributed by atoms with Crippen LogP contribution in [-0.4, -0.2) is 28.4 Å². The van der Waals surface area contributed by atoms with Gasteiger partial charge in [0.1, 0.15) is 11.5 Å². The van der Waals surface area contributed by atoms with Crippen LogP contribution in [0.4, 0.5) is 5.69 Å². The Morgan fingerprint density at radius 2 is 1.91 bits per heavy atom. The van der Waals surface area contributed by atoms with Crippen LogP contribution in [0.3, 0.4) is 0 Å². The van der Waals surface area contributed by atoms with Gasteiger partial charge in [-0.05, 0) is 61.4 Å². The van der Waals surface area contributed by atoms with Crippen LogP contribution in [0.2, 0.25) is 10.0 Å². The molecule has 1 aliphatic heterocycles. The number of hydrogen-bond donors (Lipinski definition) is 1. The Kier molecular flexibility index (Phi) is 6.40. The summed E-state index contributed by atoms with van der Waals surface area (Å²) in [5.41, 5.74) is 1.74. The Morgan fingerprint density at radius 3 is 2.61 bits per heavy atom. The monoisotopic (exact) mass is 482 g/mol. The smallest absolute Gasteiger partial charge is 0.300 e. The maximum Gasteiger partial charge on any atom is 0.300 e. The molecular formula is C25H20Cl2N2O4. The van der Waals surface area contributed by atoms with Gasteiger partial charge in [0.25, 0.3) is 11.7 Å². The van der Waals surface area contributed by atoms with Crippen molar-refractivity contribution < 1.29 is 19.4 Å². The lowest BCUT2D eigenvalue weighted by atomic mass is 9.96. The number of ether oxygens (including phenoxy) is 1. The Morgan fingerprint density at radius 1 is 1.12 bits per heavy atom. The summed E-state index contributed by atoms with van der Waals surface area (Å²) in [7, 11) is 0. The summed E-state index contributed by atoms with van der Waals surface area (Å²) >= 11 is 12.7. The van der Waals surface area contributed by atoms with Gasteiger partial charge < -0.3 is 9.84 Å². The van der Waals surface area contributed by atoms with Crippen molar-refractivity contribution in [3.63, 3.8) is 0 Å². The van der Waals surface area contributed by atoms with Crippen LogP contribution in [-0.2, 0) is 9.59 Å². The molecule has 1 N–H and O–H groups in total. The first-order chi connectivity index (χ1) is 15.8. The molecule has 0 saturated carbocycles. The quantitative estimate of drug-likeness (QED) is 0.285. The van der Waals surface area contributed by atoms with Gasteiger partial charge in [-0.3, -0.25) is 19.5 Å². The van der Waals surface area contributed by atoms with E-state index in [1.807, 2.05) is 6.92 Å². The molecule has 1 aliphatic rings. The number of benzene rings is 2. The third-order valence-electron chi connectivity index (χ3n) is 5.45. The first-order valence-electron chi connectivity index (χ1n) is 10.2. The van der Waals surface area contributed by atoms with E-state index in [9.17, 15) is 14.7 Å². The van der Waals surface area contributed by atoms with Gasteiger partial charge in [0.2, 0.25) is 0 Å². The van der Waals surface area contributed by atoms with Crippen molar-refractivity contribution in [1.29, 1.82) is 0 Å². The predicted octanol–water partition coefficient (Wildman–Crippen LogP) is 5.72. The van der Waals surface area contributed by atoms with E-state index in [1.54, 1.807) is 67.8 Å². The molecule has 1 saturated heterocycles. The van der Waals surface area contributed by atoms with Crippen LogP contribution in [0.25, 0.3) is 5.76 Å². The van der Waals surface area contributed by atoms with Crippen LogP contribution in [0.15, 0.2) is 66.5 Å². The lowest BCUT2D eigenvalue weighted by Crippen LogP contribution is -2.30. The van der Waals surface area contributed by atoms with Crippen molar-refractivity contribution in [3.8, 4) is 5.75 Å². The number of rotatable bonds is 5. The van der Waals surface area contributed by atoms with Gasteiger partial charge in [0, 0.05) is 28.7 Å². The zero-order valence-electron chi connectivity index (χ0n) is 17.9. The zero-order chi connectivity index (χ0) is 23.7. The van der Waals surface area contributed by atoms with E-state index in [0.717, 1.165) is 0 Å². The summed E-state index contributed by atoms with van der Waals surface area (Å²) < 4.78 is 5.51. The van der Waals surface area contributed by atoms with Gasteiger partial charge in [0.05, 0.1) is 23.2 Å². The summed E-state index contributed by atoms with van der Waals surface area (Å²) in [6.45, 7) is 4.01. The molecule has 0 bridgehead atoms. The van der Waals surface area contributed by atoms with Crippen LogP contribution < -0.4 is 9.64 Å². The molecule has 168 valence electrons. The fraction of sp³-hybridized carbons (Fsp3) is 0.160. The van der Waals surface area contributed by atoms with E-state index < -0.39 is 23.5 Å². The predicted molar refractivity (Wildman–Crippen MR) is 128 cm³/mol. The molecule has 2 aromatic carbocycles. The topological polar surface area (TPSA) is 79.7 Å². The summed E-state index contributed by atoms with van der Waals surface area (Å²) in [5, 5.41) is 12.0. The van der Waals surface area contributed by atoms with Gasteiger partial charge in [-0.1, -0.05) is 35.3 Å². The second-order valence-corrected chi connectivity index (χ2v) is 8.23. The largest absolute Gasteiger partial charge is 0.507 e. The molecule has 4 rings (SSSR count). The van der Waals surface area contributed by atoms with Crippen LogP contribution in [0.1, 0.15) is 29.7 Å². The normalized spacial score (nSPS) is 17.5. The zero-order valence-corrected chi connectivity index (χ0v) is 19.4. The number of anilines is 1. The van der Waals surface area contributed by atoms with Gasteiger partial charge in [-0.25, -0.2) is 0 Å². The standard InChI is InChI=1S/C25H20Cl2N2O4/c1-3-33-16-9-10-19(27)17(12-16)23(30)21-22(15-6-5-11-28-13-15)29(25(32)24(21)31)20-8-4-7-18(26)14(20)2/h4-13,22,30H,3H2,1-2H3/b23-21+. The van der Waals surface area contributed by atoms with Crippen LogP contribution >= 0.6 is 23.2 Å². The molecule has 3 aromatic rings. The van der Waals surface area contributed by atoms with E-state index >= 15 is 0 Å². The molecule has 6 nitrogen and oxygen atoms in total. The molecule has 0 aliphatic carbocycles. The SMILES string of the molecule is CCOc1ccc(Cl)c(/C(O)=C2\C(=O)C(=O)N(c3cccc(Cl)c3C)C2c2cccnc2)c1. The maximum atomic E-state index is 13.3. The van der Waals surface area contributed by atoms with E-state index in [0.29, 0.717) is 34.2 Å². The average Bonchev–Trinajstić information content (AvgIpc) is 3.08. The second-order valence-electron chi connectivity index (χ2n) is 7.41. The van der Waals surface area contributed by atoms with Crippen molar-refractivity contribution in [2.45, 2.75) is 19.9 Å².